The molecule has 1 fully saturated rings. The summed E-state index contributed by atoms with van der Waals surface area (Å²) in [6, 6.07) is 6.65. The number of halogens is 4. The maximum Gasteiger partial charge on any atom is 0.394 e. The molecule has 6 heteroatoms. The van der Waals surface area contributed by atoms with Crippen LogP contribution in [0.15, 0.2) is 28.7 Å². The van der Waals surface area contributed by atoms with Crippen LogP contribution in [0.4, 0.5) is 18.9 Å². The molecule has 0 saturated carbocycles. The van der Waals surface area contributed by atoms with Crippen molar-refractivity contribution in [2.45, 2.75) is 12.6 Å². The Hall–Kier alpha value is -1.04. The van der Waals surface area contributed by atoms with Gasteiger partial charge in [0.2, 0.25) is 5.91 Å². The van der Waals surface area contributed by atoms with Crippen LogP contribution in [0.2, 0.25) is 0 Å². The van der Waals surface area contributed by atoms with Crippen molar-refractivity contribution in [3.8, 4) is 0 Å². The first-order chi connectivity index (χ1) is 7.88. The van der Waals surface area contributed by atoms with E-state index in [2.05, 4.69) is 15.9 Å². The second kappa shape index (κ2) is 4.33. The van der Waals surface area contributed by atoms with E-state index in [4.69, 9.17) is 0 Å². The number of nitrogens with zero attached hydrogens (tertiary/aromatic N) is 1. The second-order valence-electron chi connectivity index (χ2n) is 3.92. The van der Waals surface area contributed by atoms with Crippen molar-refractivity contribution in [2.24, 2.45) is 5.92 Å². The van der Waals surface area contributed by atoms with Crippen LogP contribution in [0.25, 0.3) is 0 Å². The number of amides is 1. The van der Waals surface area contributed by atoms with E-state index < -0.39 is 24.4 Å². The third-order valence-electron chi connectivity index (χ3n) is 2.73. The summed E-state index contributed by atoms with van der Waals surface area (Å²) in [4.78, 5) is 12.7. The van der Waals surface area contributed by atoms with E-state index in [1.807, 2.05) is 0 Å². The molecule has 1 aromatic carbocycles. The van der Waals surface area contributed by atoms with Gasteiger partial charge in [-0.25, -0.2) is 0 Å². The Morgan fingerprint density at radius 2 is 1.82 bits per heavy atom. The molecule has 1 aromatic rings. The third-order valence-corrected chi connectivity index (χ3v) is 3.25. The summed E-state index contributed by atoms with van der Waals surface area (Å²) >= 11 is 3.23. The highest BCUT2D eigenvalue weighted by molar-refractivity contribution is 9.10. The van der Waals surface area contributed by atoms with Crippen molar-refractivity contribution in [3.05, 3.63) is 28.7 Å². The summed E-state index contributed by atoms with van der Waals surface area (Å²) in [6.07, 6.45) is -4.76. The Morgan fingerprint density at radius 3 is 2.29 bits per heavy atom. The minimum atomic E-state index is -4.31. The lowest BCUT2D eigenvalue weighted by Gasteiger charge is -2.18. The molecule has 1 aliphatic heterocycles. The molecule has 1 unspecified atom stereocenters. The van der Waals surface area contributed by atoms with Gasteiger partial charge in [0.1, 0.15) is 0 Å². The standard InChI is InChI=1S/C11H9BrF3NO/c12-8-1-3-9(4-2-8)16-6-7(5-10(16)17)11(13,14)15/h1-4,7H,5-6H2. The van der Waals surface area contributed by atoms with Crippen molar-refractivity contribution in [1.29, 1.82) is 0 Å². The number of carbonyl (C=O) groups is 1. The highest BCUT2D eigenvalue weighted by Gasteiger charge is 2.47. The Labute approximate surface area is 105 Å². The monoisotopic (exact) mass is 307 g/mol. The molecule has 0 aliphatic carbocycles. The number of rotatable bonds is 1. The molecule has 0 aromatic heterocycles. The smallest absolute Gasteiger partial charge is 0.312 e. The number of benzene rings is 1. The SMILES string of the molecule is O=C1CC(C(F)(F)F)CN1c1ccc(Br)cc1. The summed E-state index contributed by atoms with van der Waals surface area (Å²) < 4.78 is 38.3. The molecule has 0 radical (unpaired) electrons. The lowest BCUT2D eigenvalue weighted by atomic mass is 10.1. The fourth-order valence-electron chi connectivity index (χ4n) is 1.80. The van der Waals surface area contributed by atoms with Gasteiger partial charge in [0.15, 0.2) is 0 Å². The summed E-state index contributed by atoms with van der Waals surface area (Å²) in [5, 5.41) is 0. The fraction of sp³-hybridized carbons (Fsp3) is 0.364. The van der Waals surface area contributed by atoms with Crippen LogP contribution in [0.1, 0.15) is 6.42 Å². The molecule has 0 bridgehead atoms. The van der Waals surface area contributed by atoms with Crippen molar-refractivity contribution in [2.75, 3.05) is 11.4 Å². The molecule has 92 valence electrons. The highest BCUT2D eigenvalue weighted by atomic mass is 79.9. The average molecular weight is 308 g/mol. The molecule has 2 rings (SSSR count). The molecule has 1 atom stereocenters. The lowest BCUT2D eigenvalue weighted by molar-refractivity contribution is -0.169. The first-order valence-corrected chi connectivity index (χ1v) is 5.80. The molecule has 1 aliphatic rings. The van der Waals surface area contributed by atoms with E-state index in [0.29, 0.717) is 5.69 Å². The van der Waals surface area contributed by atoms with Crippen LogP contribution in [0.5, 0.6) is 0 Å². The molecule has 0 N–H and O–H groups in total. The Kier molecular flexibility index (Phi) is 3.16. The molecular weight excluding hydrogens is 299 g/mol. The van der Waals surface area contributed by atoms with Gasteiger partial charge in [-0.15, -0.1) is 0 Å². The van der Waals surface area contributed by atoms with Crippen molar-refractivity contribution in [1.82, 2.24) is 0 Å². The zero-order chi connectivity index (χ0) is 12.6. The van der Waals surface area contributed by atoms with Crippen LogP contribution in [-0.4, -0.2) is 18.6 Å². The molecule has 1 amide bonds. The minimum absolute atomic E-state index is 0.288. The van der Waals surface area contributed by atoms with E-state index >= 15 is 0 Å². The maximum atomic E-state index is 12.5. The number of alkyl halides is 3. The van der Waals surface area contributed by atoms with E-state index in [-0.39, 0.29) is 6.54 Å². The zero-order valence-electron chi connectivity index (χ0n) is 8.67. The molecule has 1 heterocycles. The molecule has 17 heavy (non-hydrogen) atoms. The first-order valence-electron chi connectivity index (χ1n) is 5.00. The van der Waals surface area contributed by atoms with Crippen LogP contribution in [0.3, 0.4) is 0 Å². The average Bonchev–Trinajstić information content (AvgIpc) is 2.61. The topological polar surface area (TPSA) is 20.3 Å². The Bertz CT molecular complexity index is 429. The van der Waals surface area contributed by atoms with E-state index in [0.717, 1.165) is 4.47 Å². The summed E-state index contributed by atoms with van der Waals surface area (Å²) in [6.45, 7) is -0.288. The zero-order valence-corrected chi connectivity index (χ0v) is 10.3. The maximum absolute atomic E-state index is 12.5. The molecule has 0 spiro atoms. The summed E-state index contributed by atoms with van der Waals surface area (Å²) in [7, 11) is 0. The van der Waals surface area contributed by atoms with Crippen LogP contribution in [-0.2, 0) is 4.79 Å². The quantitative estimate of drug-likeness (QED) is 0.779. The number of hydrogen-bond acceptors (Lipinski definition) is 1. The van der Waals surface area contributed by atoms with Gasteiger partial charge in [-0.3, -0.25) is 4.79 Å². The van der Waals surface area contributed by atoms with Crippen LogP contribution < -0.4 is 4.90 Å². The Balaban J connectivity index is 2.19. The minimum Gasteiger partial charge on any atom is -0.312 e. The van der Waals surface area contributed by atoms with E-state index in [9.17, 15) is 18.0 Å². The van der Waals surface area contributed by atoms with Crippen molar-refractivity contribution < 1.29 is 18.0 Å². The predicted molar refractivity (Wildman–Crippen MR) is 60.7 cm³/mol. The summed E-state index contributed by atoms with van der Waals surface area (Å²) in [5.74, 6) is -2.03. The third kappa shape index (κ3) is 2.62. The van der Waals surface area contributed by atoms with Gasteiger partial charge in [-0.05, 0) is 24.3 Å². The van der Waals surface area contributed by atoms with Gasteiger partial charge in [0.25, 0.3) is 0 Å². The number of carbonyl (C=O) groups excluding carboxylic acids is 1. The highest BCUT2D eigenvalue weighted by Crippen LogP contribution is 2.36. The van der Waals surface area contributed by atoms with Gasteiger partial charge in [0.05, 0.1) is 5.92 Å². The predicted octanol–water partition coefficient (Wildman–Crippen LogP) is 3.36. The normalized spacial score (nSPS) is 21.1. The fourth-order valence-corrected chi connectivity index (χ4v) is 2.06. The van der Waals surface area contributed by atoms with Gasteiger partial charge < -0.3 is 4.90 Å². The van der Waals surface area contributed by atoms with Gasteiger partial charge in [-0.1, -0.05) is 15.9 Å². The second-order valence-corrected chi connectivity index (χ2v) is 4.84. The van der Waals surface area contributed by atoms with Crippen LogP contribution >= 0.6 is 15.9 Å². The Morgan fingerprint density at radius 1 is 1.24 bits per heavy atom. The largest absolute Gasteiger partial charge is 0.394 e. The summed E-state index contributed by atoms with van der Waals surface area (Å²) in [5.41, 5.74) is 0.505. The molecule has 1 saturated heterocycles. The van der Waals surface area contributed by atoms with Gasteiger partial charge in [-0.2, -0.15) is 13.2 Å². The van der Waals surface area contributed by atoms with Crippen molar-refractivity contribution in [3.63, 3.8) is 0 Å². The lowest BCUT2D eigenvalue weighted by Crippen LogP contribution is -2.28. The number of anilines is 1. The first kappa shape index (κ1) is 12.4. The van der Waals surface area contributed by atoms with Crippen LogP contribution in [0, 0.1) is 5.92 Å². The van der Waals surface area contributed by atoms with E-state index in [1.165, 1.54) is 4.90 Å². The number of hydrogen-bond donors (Lipinski definition) is 0. The molecular formula is C11H9BrF3NO. The van der Waals surface area contributed by atoms with E-state index in [1.54, 1.807) is 24.3 Å². The van der Waals surface area contributed by atoms with Gasteiger partial charge >= 0.3 is 6.18 Å². The molecule has 2 nitrogen and oxygen atoms in total. The van der Waals surface area contributed by atoms with Gasteiger partial charge in [0, 0.05) is 23.1 Å². The van der Waals surface area contributed by atoms with Crippen molar-refractivity contribution >= 4 is 27.5 Å².